The number of aromatic nitrogens is 4. The highest BCUT2D eigenvalue weighted by Crippen LogP contribution is 2.31. The standard InChI is InChI=1S/C21H30FN5O3/c1-13(2)9-18(21(28)29)17(20-24-26-27-25-20)10-14-3-4-15(19(22)11-14)12-30-16-5-7-23-8-6-16/h3-4,11,13,16-18,23H,5-10,12H2,1-2H3,(H,28,29)(H,24,25,26,27). The zero-order valence-corrected chi connectivity index (χ0v) is 17.5. The quantitative estimate of drug-likeness (QED) is 0.543. The van der Waals surface area contributed by atoms with Crippen LogP contribution in [0.4, 0.5) is 4.39 Å². The molecule has 1 aromatic heterocycles. The maximum absolute atomic E-state index is 14.7. The molecule has 1 aromatic carbocycles. The van der Waals surface area contributed by atoms with Crippen LogP contribution in [0, 0.1) is 17.7 Å². The lowest BCUT2D eigenvalue weighted by molar-refractivity contribution is -0.143. The first-order valence-electron chi connectivity index (χ1n) is 10.5. The van der Waals surface area contributed by atoms with Gasteiger partial charge in [0.1, 0.15) is 5.82 Å². The number of ether oxygens (including phenoxy) is 1. The largest absolute Gasteiger partial charge is 0.481 e. The SMILES string of the molecule is CC(C)CC(C(=O)O)C(Cc1ccc(COC2CCNCC2)c(F)c1)c1nn[nH]n1. The van der Waals surface area contributed by atoms with Gasteiger partial charge in [0.15, 0.2) is 5.82 Å². The minimum absolute atomic E-state index is 0.153. The number of carbonyl (C=O) groups is 1. The normalized spacial score (nSPS) is 17.2. The van der Waals surface area contributed by atoms with Gasteiger partial charge in [0.2, 0.25) is 0 Å². The van der Waals surface area contributed by atoms with Crippen LogP contribution in [-0.2, 0) is 22.6 Å². The van der Waals surface area contributed by atoms with Crippen molar-refractivity contribution in [1.82, 2.24) is 25.9 Å². The third kappa shape index (κ3) is 6.06. The summed E-state index contributed by atoms with van der Waals surface area (Å²) in [6.07, 6.45) is 2.80. The number of rotatable bonds is 10. The molecule has 1 aliphatic heterocycles. The Bertz CT molecular complexity index is 809. The first-order valence-corrected chi connectivity index (χ1v) is 10.5. The summed E-state index contributed by atoms with van der Waals surface area (Å²) in [6.45, 7) is 6.02. The second-order valence-corrected chi connectivity index (χ2v) is 8.34. The van der Waals surface area contributed by atoms with E-state index in [1.54, 1.807) is 6.07 Å². The third-order valence-electron chi connectivity index (χ3n) is 5.56. The molecule has 2 atom stereocenters. The predicted octanol–water partition coefficient (Wildman–Crippen LogP) is 2.68. The number of nitrogens with zero attached hydrogens (tertiary/aromatic N) is 3. The fourth-order valence-corrected chi connectivity index (χ4v) is 3.94. The van der Waals surface area contributed by atoms with Crippen LogP contribution >= 0.6 is 0 Å². The molecule has 164 valence electrons. The number of aromatic amines is 1. The van der Waals surface area contributed by atoms with Crippen molar-refractivity contribution in [3.05, 3.63) is 41.0 Å². The van der Waals surface area contributed by atoms with Gasteiger partial charge in [-0.2, -0.15) is 5.21 Å². The highest BCUT2D eigenvalue weighted by molar-refractivity contribution is 5.71. The molecule has 2 aromatic rings. The number of tetrazole rings is 1. The molecule has 9 heteroatoms. The van der Waals surface area contributed by atoms with Crippen LogP contribution in [0.3, 0.4) is 0 Å². The van der Waals surface area contributed by atoms with E-state index >= 15 is 0 Å². The number of piperidine rings is 1. The van der Waals surface area contributed by atoms with Crippen molar-refractivity contribution in [3.8, 4) is 0 Å². The minimum Gasteiger partial charge on any atom is -0.481 e. The number of halogens is 1. The van der Waals surface area contributed by atoms with E-state index < -0.39 is 17.8 Å². The summed E-state index contributed by atoms with van der Waals surface area (Å²) >= 11 is 0. The number of benzene rings is 1. The van der Waals surface area contributed by atoms with Crippen molar-refractivity contribution < 1.29 is 19.0 Å². The van der Waals surface area contributed by atoms with Crippen LogP contribution in [0.5, 0.6) is 0 Å². The van der Waals surface area contributed by atoms with Gasteiger partial charge in [0.05, 0.1) is 18.6 Å². The van der Waals surface area contributed by atoms with Crippen LogP contribution in [0.1, 0.15) is 56.0 Å². The molecule has 1 fully saturated rings. The molecule has 1 aliphatic rings. The Morgan fingerprint density at radius 3 is 2.70 bits per heavy atom. The molecule has 2 unspecified atom stereocenters. The third-order valence-corrected chi connectivity index (χ3v) is 5.56. The van der Waals surface area contributed by atoms with E-state index in [0.717, 1.165) is 25.9 Å². The molecule has 1 saturated heterocycles. The van der Waals surface area contributed by atoms with E-state index in [1.807, 2.05) is 19.9 Å². The summed E-state index contributed by atoms with van der Waals surface area (Å²) in [5.41, 5.74) is 1.20. The van der Waals surface area contributed by atoms with E-state index in [1.165, 1.54) is 6.07 Å². The number of nitrogens with one attached hydrogen (secondary N) is 2. The van der Waals surface area contributed by atoms with Crippen molar-refractivity contribution in [1.29, 1.82) is 0 Å². The second-order valence-electron chi connectivity index (χ2n) is 8.34. The average molecular weight is 420 g/mol. The second kappa shape index (κ2) is 10.6. The van der Waals surface area contributed by atoms with Gasteiger partial charge < -0.3 is 15.2 Å². The highest BCUT2D eigenvalue weighted by atomic mass is 19.1. The molecule has 8 nitrogen and oxygen atoms in total. The van der Waals surface area contributed by atoms with Crippen LogP contribution in [0.15, 0.2) is 18.2 Å². The Hall–Kier alpha value is -2.39. The highest BCUT2D eigenvalue weighted by Gasteiger charge is 2.33. The van der Waals surface area contributed by atoms with Gasteiger partial charge in [-0.25, -0.2) is 4.39 Å². The van der Waals surface area contributed by atoms with Gasteiger partial charge in [-0.3, -0.25) is 4.79 Å². The maximum atomic E-state index is 14.7. The Labute approximate surface area is 175 Å². The van der Waals surface area contributed by atoms with Crippen LogP contribution < -0.4 is 5.32 Å². The summed E-state index contributed by atoms with van der Waals surface area (Å²) in [6, 6.07) is 5.01. The molecule has 0 radical (unpaired) electrons. The van der Waals surface area contributed by atoms with Crippen molar-refractivity contribution in [2.45, 2.75) is 58.2 Å². The molecular formula is C21H30FN5O3. The van der Waals surface area contributed by atoms with Crippen LogP contribution in [0.25, 0.3) is 0 Å². The zero-order chi connectivity index (χ0) is 21.5. The monoisotopic (exact) mass is 419 g/mol. The lowest BCUT2D eigenvalue weighted by Gasteiger charge is -2.24. The zero-order valence-electron chi connectivity index (χ0n) is 17.5. The molecule has 0 amide bonds. The Kier molecular flexibility index (Phi) is 7.87. The lowest BCUT2D eigenvalue weighted by atomic mass is 9.81. The molecule has 30 heavy (non-hydrogen) atoms. The van der Waals surface area contributed by atoms with Gasteiger partial charge in [-0.15, -0.1) is 10.2 Å². The van der Waals surface area contributed by atoms with Crippen molar-refractivity contribution >= 4 is 5.97 Å². The molecule has 3 N–H and O–H groups in total. The number of carboxylic acid groups (broad SMARTS) is 1. The smallest absolute Gasteiger partial charge is 0.307 e. The first-order chi connectivity index (χ1) is 14.4. The summed E-state index contributed by atoms with van der Waals surface area (Å²) in [4.78, 5) is 11.9. The number of hydrogen-bond donors (Lipinski definition) is 3. The number of H-pyrrole nitrogens is 1. The topological polar surface area (TPSA) is 113 Å². The predicted molar refractivity (Wildman–Crippen MR) is 108 cm³/mol. The Balaban J connectivity index is 1.72. The van der Waals surface area contributed by atoms with Crippen molar-refractivity contribution in [2.24, 2.45) is 11.8 Å². The lowest BCUT2D eigenvalue weighted by Crippen LogP contribution is -2.32. The number of aliphatic carboxylic acids is 1. The summed E-state index contributed by atoms with van der Waals surface area (Å²) in [7, 11) is 0. The Morgan fingerprint density at radius 1 is 1.33 bits per heavy atom. The fraction of sp³-hybridized carbons (Fsp3) is 0.619. The van der Waals surface area contributed by atoms with Gasteiger partial charge in [-0.05, 0) is 56.3 Å². The van der Waals surface area contributed by atoms with E-state index in [-0.39, 0.29) is 24.4 Å². The average Bonchev–Trinajstić information content (AvgIpc) is 3.25. The van der Waals surface area contributed by atoms with E-state index in [0.29, 0.717) is 29.8 Å². The van der Waals surface area contributed by atoms with Gasteiger partial charge in [0.25, 0.3) is 0 Å². The molecule has 3 rings (SSSR count). The van der Waals surface area contributed by atoms with Gasteiger partial charge in [0, 0.05) is 11.5 Å². The van der Waals surface area contributed by atoms with Crippen molar-refractivity contribution in [2.75, 3.05) is 13.1 Å². The number of hydrogen-bond acceptors (Lipinski definition) is 6. The molecular weight excluding hydrogens is 389 g/mol. The summed E-state index contributed by atoms with van der Waals surface area (Å²) < 4.78 is 20.6. The van der Waals surface area contributed by atoms with Crippen molar-refractivity contribution in [3.63, 3.8) is 0 Å². The van der Waals surface area contributed by atoms with E-state index in [4.69, 9.17) is 4.74 Å². The van der Waals surface area contributed by atoms with Crippen LogP contribution in [0.2, 0.25) is 0 Å². The van der Waals surface area contributed by atoms with Gasteiger partial charge in [-0.1, -0.05) is 31.2 Å². The van der Waals surface area contributed by atoms with E-state index in [2.05, 4.69) is 25.9 Å². The molecule has 2 heterocycles. The molecule has 0 aliphatic carbocycles. The fourth-order valence-electron chi connectivity index (χ4n) is 3.94. The van der Waals surface area contributed by atoms with E-state index in [9.17, 15) is 14.3 Å². The minimum atomic E-state index is -0.911. The van der Waals surface area contributed by atoms with Crippen LogP contribution in [-0.4, -0.2) is 50.9 Å². The molecule has 0 spiro atoms. The first kappa shape index (κ1) is 22.3. The summed E-state index contributed by atoms with van der Waals surface area (Å²) in [5.74, 6) is -1.92. The molecule has 0 bridgehead atoms. The number of carboxylic acids is 1. The van der Waals surface area contributed by atoms with Gasteiger partial charge >= 0.3 is 5.97 Å². The summed E-state index contributed by atoms with van der Waals surface area (Å²) in [5, 5.41) is 27.1. The Morgan fingerprint density at radius 2 is 2.10 bits per heavy atom. The molecule has 0 saturated carbocycles. The maximum Gasteiger partial charge on any atom is 0.307 e.